The molecule has 1 rings (SSSR count). The maximum absolute atomic E-state index is 8.62. The highest BCUT2D eigenvalue weighted by Gasteiger charge is 2.02. The third kappa shape index (κ3) is 3.08. The van der Waals surface area contributed by atoms with Crippen molar-refractivity contribution in [3.8, 4) is 6.07 Å². The van der Waals surface area contributed by atoms with E-state index in [0.717, 1.165) is 18.4 Å². The Bertz CT molecular complexity index is 317. The fourth-order valence-corrected chi connectivity index (χ4v) is 1.29. The van der Waals surface area contributed by atoms with Crippen molar-refractivity contribution in [2.75, 3.05) is 0 Å². The van der Waals surface area contributed by atoms with Gasteiger partial charge >= 0.3 is 0 Å². The molecule has 0 saturated carbocycles. The molecule has 0 radical (unpaired) electrons. The zero-order valence-electron chi connectivity index (χ0n) is 7.57. The van der Waals surface area contributed by atoms with Gasteiger partial charge in [0, 0.05) is 11.4 Å². The maximum atomic E-state index is 8.62. The van der Waals surface area contributed by atoms with Crippen molar-refractivity contribution in [3.63, 3.8) is 0 Å². The summed E-state index contributed by atoms with van der Waals surface area (Å²) in [6.07, 6.45) is 3.61. The number of nitriles is 1. The molecule has 1 heterocycles. The number of thiol groups is 1. The molecule has 3 heteroatoms. The minimum atomic E-state index is 0.369. The molecule has 1 atom stereocenters. The van der Waals surface area contributed by atoms with E-state index in [-0.39, 0.29) is 0 Å². The summed E-state index contributed by atoms with van der Waals surface area (Å²) in [4.78, 5) is 3.90. The molecule has 0 aliphatic carbocycles. The zero-order chi connectivity index (χ0) is 9.68. The van der Waals surface area contributed by atoms with Gasteiger partial charge in [0.15, 0.2) is 0 Å². The molecule has 0 aliphatic rings. The number of hydrogen-bond acceptors (Lipinski definition) is 3. The highest BCUT2D eigenvalue weighted by atomic mass is 32.1. The van der Waals surface area contributed by atoms with Crippen molar-refractivity contribution >= 4 is 12.6 Å². The summed E-state index contributed by atoms with van der Waals surface area (Å²) < 4.78 is 0. The summed E-state index contributed by atoms with van der Waals surface area (Å²) in [5.41, 5.74) is 1.61. The molecule has 1 aromatic rings. The summed E-state index contributed by atoms with van der Waals surface area (Å²) >= 11 is 4.40. The first kappa shape index (κ1) is 10.1. The van der Waals surface area contributed by atoms with Gasteiger partial charge in [-0.15, -0.1) is 0 Å². The van der Waals surface area contributed by atoms with Gasteiger partial charge in [-0.1, -0.05) is 6.92 Å². The molecule has 0 amide bonds. The Kier molecular flexibility index (Phi) is 3.78. The summed E-state index contributed by atoms with van der Waals surface area (Å²) in [6.45, 7) is 2.10. The summed E-state index contributed by atoms with van der Waals surface area (Å²) in [7, 11) is 0. The number of rotatable bonds is 3. The van der Waals surface area contributed by atoms with Gasteiger partial charge in [-0.2, -0.15) is 17.9 Å². The third-order valence-electron chi connectivity index (χ3n) is 1.88. The molecule has 0 aromatic carbocycles. The standard InChI is InChI=1S/C10H12N2S/c1-2-10(13)6-8-3-4-12-9(5-8)7-11/h3-5,10,13H,2,6H2,1H3. The fourth-order valence-electron chi connectivity index (χ4n) is 1.08. The lowest BCUT2D eigenvalue weighted by atomic mass is 10.1. The first-order valence-electron chi connectivity index (χ1n) is 4.29. The smallest absolute Gasteiger partial charge is 0.140 e. The largest absolute Gasteiger partial charge is 0.246 e. The Morgan fingerprint density at radius 1 is 1.69 bits per heavy atom. The Labute approximate surface area is 84.0 Å². The average molecular weight is 192 g/mol. The normalized spacial score (nSPS) is 12.1. The SMILES string of the molecule is CCC(S)Cc1ccnc(C#N)c1. The van der Waals surface area contributed by atoms with E-state index < -0.39 is 0 Å². The zero-order valence-corrected chi connectivity index (χ0v) is 8.46. The molecular formula is C10H12N2S. The van der Waals surface area contributed by atoms with Gasteiger partial charge in [-0.25, -0.2) is 4.98 Å². The monoisotopic (exact) mass is 192 g/mol. The van der Waals surface area contributed by atoms with Gasteiger partial charge < -0.3 is 0 Å². The van der Waals surface area contributed by atoms with Gasteiger partial charge in [0.1, 0.15) is 11.8 Å². The van der Waals surface area contributed by atoms with Crippen LogP contribution in [0.1, 0.15) is 24.6 Å². The molecular weight excluding hydrogens is 180 g/mol. The first-order chi connectivity index (χ1) is 6.26. The Morgan fingerprint density at radius 2 is 2.46 bits per heavy atom. The average Bonchev–Trinajstić information content (AvgIpc) is 2.18. The van der Waals surface area contributed by atoms with Crippen molar-refractivity contribution in [2.45, 2.75) is 25.0 Å². The van der Waals surface area contributed by atoms with Gasteiger partial charge in [-0.3, -0.25) is 0 Å². The van der Waals surface area contributed by atoms with Crippen molar-refractivity contribution in [2.24, 2.45) is 0 Å². The number of hydrogen-bond donors (Lipinski definition) is 1. The van der Waals surface area contributed by atoms with Crippen LogP contribution in [-0.2, 0) is 6.42 Å². The molecule has 0 saturated heterocycles. The second-order valence-corrected chi connectivity index (χ2v) is 3.66. The molecule has 1 aromatic heterocycles. The fraction of sp³-hybridized carbons (Fsp3) is 0.400. The van der Waals surface area contributed by atoms with E-state index in [1.807, 2.05) is 18.2 Å². The lowest BCUT2D eigenvalue weighted by Crippen LogP contribution is -2.01. The summed E-state index contributed by atoms with van der Waals surface area (Å²) in [6, 6.07) is 5.77. The Morgan fingerprint density at radius 3 is 3.08 bits per heavy atom. The first-order valence-corrected chi connectivity index (χ1v) is 4.81. The molecule has 0 fully saturated rings. The summed E-state index contributed by atoms with van der Waals surface area (Å²) in [5, 5.41) is 8.99. The van der Waals surface area contributed by atoms with Crippen LogP contribution < -0.4 is 0 Å². The molecule has 68 valence electrons. The van der Waals surface area contributed by atoms with Gasteiger partial charge in [-0.05, 0) is 30.5 Å². The molecule has 2 nitrogen and oxygen atoms in total. The number of pyridine rings is 1. The summed E-state index contributed by atoms with van der Waals surface area (Å²) in [5.74, 6) is 0. The van der Waals surface area contributed by atoms with Crippen LogP contribution in [0.2, 0.25) is 0 Å². The van der Waals surface area contributed by atoms with Crippen molar-refractivity contribution in [1.29, 1.82) is 5.26 Å². The van der Waals surface area contributed by atoms with E-state index in [2.05, 4.69) is 24.5 Å². The predicted molar refractivity (Wildman–Crippen MR) is 55.7 cm³/mol. The molecule has 0 bridgehead atoms. The van der Waals surface area contributed by atoms with E-state index in [4.69, 9.17) is 5.26 Å². The number of nitrogens with zero attached hydrogens (tertiary/aromatic N) is 2. The highest BCUT2D eigenvalue weighted by Crippen LogP contribution is 2.10. The van der Waals surface area contributed by atoms with Crippen LogP contribution in [0.4, 0.5) is 0 Å². The van der Waals surface area contributed by atoms with E-state index in [1.54, 1.807) is 6.20 Å². The van der Waals surface area contributed by atoms with E-state index in [9.17, 15) is 0 Å². The second-order valence-electron chi connectivity index (χ2n) is 2.93. The lowest BCUT2D eigenvalue weighted by molar-refractivity contribution is 0.820. The second kappa shape index (κ2) is 4.88. The van der Waals surface area contributed by atoms with Crippen molar-refractivity contribution < 1.29 is 0 Å². The van der Waals surface area contributed by atoms with Crippen LogP contribution >= 0.6 is 12.6 Å². The predicted octanol–water partition coefficient (Wildman–Crippen LogP) is 2.20. The van der Waals surface area contributed by atoms with Crippen molar-refractivity contribution in [3.05, 3.63) is 29.6 Å². The van der Waals surface area contributed by atoms with Crippen LogP contribution in [0.15, 0.2) is 18.3 Å². The lowest BCUT2D eigenvalue weighted by Gasteiger charge is -2.06. The Hall–Kier alpha value is -1.01. The van der Waals surface area contributed by atoms with E-state index >= 15 is 0 Å². The maximum Gasteiger partial charge on any atom is 0.140 e. The van der Waals surface area contributed by atoms with E-state index in [1.165, 1.54) is 0 Å². The number of aromatic nitrogens is 1. The van der Waals surface area contributed by atoms with Crippen LogP contribution in [0, 0.1) is 11.3 Å². The van der Waals surface area contributed by atoms with Crippen LogP contribution in [0.25, 0.3) is 0 Å². The molecule has 1 unspecified atom stereocenters. The topological polar surface area (TPSA) is 36.7 Å². The minimum Gasteiger partial charge on any atom is -0.246 e. The Balaban J connectivity index is 2.73. The van der Waals surface area contributed by atoms with Gasteiger partial charge in [0.05, 0.1) is 0 Å². The van der Waals surface area contributed by atoms with E-state index in [0.29, 0.717) is 10.9 Å². The van der Waals surface area contributed by atoms with Gasteiger partial charge in [0.2, 0.25) is 0 Å². The molecule has 0 spiro atoms. The third-order valence-corrected chi connectivity index (χ3v) is 2.43. The van der Waals surface area contributed by atoms with Crippen molar-refractivity contribution in [1.82, 2.24) is 4.98 Å². The molecule has 13 heavy (non-hydrogen) atoms. The minimum absolute atomic E-state index is 0.369. The molecule has 0 N–H and O–H groups in total. The quantitative estimate of drug-likeness (QED) is 0.745. The highest BCUT2D eigenvalue weighted by molar-refractivity contribution is 7.80. The molecule has 0 aliphatic heterocycles. The van der Waals surface area contributed by atoms with Gasteiger partial charge in [0.25, 0.3) is 0 Å². The van der Waals surface area contributed by atoms with Crippen LogP contribution in [0.3, 0.4) is 0 Å². The van der Waals surface area contributed by atoms with Crippen LogP contribution in [-0.4, -0.2) is 10.2 Å². The van der Waals surface area contributed by atoms with Crippen LogP contribution in [0.5, 0.6) is 0 Å².